The third-order valence-electron chi connectivity index (χ3n) is 1.67. The quantitative estimate of drug-likeness (QED) is 0.687. The second kappa shape index (κ2) is 6.19. The second-order valence-electron chi connectivity index (χ2n) is 3.60. The van der Waals surface area contributed by atoms with Crippen LogP contribution in [-0.4, -0.2) is 16.1 Å². The van der Waals surface area contributed by atoms with E-state index in [2.05, 4.69) is 0 Å². The molecule has 0 N–H and O–H groups in total. The van der Waals surface area contributed by atoms with Gasteiger partial charge >= 0.3 is 0 Å². The standard InChI is InChI=1S/C10H18O2S/c1-5-9(8(4)11)13-10(12)6-7(2)3/h7,9H,5-6H2,1-4H3. The molecule has 0 aromatic carbocycles. The molecule has 0 heterocycles. The van der Waals surface area contributed by atoms with E-state index in [0.29, 0.717) is 12.3 Å². The van der Waals surface area contributed by atoms with Gasteiger partial charge in [-0.15, -0.1) is 0 Å². The van der Waals surface area contributed by atoms with Crippen molar-refractivity contribution in [2.75, 3.05) is 0 Å². The van der Waals surface area contributed by atoms with Crippen LogP contribution in [-0.2, 0) is 9.59 Å². The first-order chi connectivity index (χ1) is 5.97. The summed E-state index contributed by atoms with van der Waals surface area (Å²) in [6, 6.07) is 0. The molecule has 0 spiro atoms. The van der Waals surface area contributed by atoms with Crippen molar-refractivity contribution in [1.29, 1.82) is 0 Å². The normalized spacial score (nSPS) is 13.0. The van der Waals surface area contributed by atoms with Crippen molar-refractivity contribution in [1.82, 2.24) is 0 Å². The van der Waals surface area contributed by atoms with Crippen LogP contribution in [0.3, 0.4) is 0 Å². The number of thioether (sulfide) groups is 1. The summed E-state index contributed by atoms with van der Waals surface area (Å²) in [6.07, 6.45) is 1.30. The van der Waals surface area contributed by atoms with E-state index in [-0.39, 0.29) is 16.1 Å². The Morgan fingerprint density at radius 2 is 1.85 bits per heavy atom. The van der Waals surface area contributed by atoms with Crippen molar-refractivity contribution in [3.8, 4) is 0 Å². The van der Waals surface area contributed by atoms with Gasteiger partial charge in [-0.25, -0.2) is 0 Å². The Balaban J connectivity index is 3.94. The zero-order valence-corrected chi connectivity index (χ0v) is 9.61. The van der Waals surface area contributed by atoms with Crippen molar-refractivity contribution < 1.29 is 9.59 Å². The summed E-state index contributed by atoms with van der Waals surface area (Å²) in [5, 5.41) is 0.00306. The van der Waals surface area contributed by atoms with Crippen LogP contribution in [0, 0.1) is 5.92 Å². The third-order valence-corrected chi connectivity index (χ3v) is 3.05. The predicted octanol–water partition coefficient (Wildman–Crippen LogP) is 2.66. The van der Waals surface area contributed by atoms with Crippen LogP contribution < -0.4 is 0 Å². The van der Waals surface area contributed by atoms with Gasteiger partial charge in [0.15, 0.2) is 5.12 Å². The number of rotatable bonds is 5. The van der Waals surface area contributed by atoms with Crippen LogP contribution in [0.1, 0.15) is 40.5 Å². The molecule has 0 aliphatic carbocycles. The molecule has 1 atom stereocenters. The van der Waals surface area contributed by atoms with E-state index in [4.69, 9.17) is 0 Å². The van der Waals surface area contributed by atoms with Gasteiger partial charge in [-0.1, -0.05) is 32.5 Å². The van der Waals surface area contributed by atoms with Crippen LogP contribution in [0.5, 0.6) is 0 Å². The molecule has 76 valence electrons. The van der Waals surface area contributed by atoms with Crippen LogP contribution >= 0.6 is 11.8 Å². The third kappa shape index (κ3) is 5.86. The highest BCUT2D eigenvalue weighted by atomic mass is 32.2. The van der Waals surface area contributed by atoms with Gasteiger partial charge in [0.1, 0.15) is 5.78 Å². The summed E-state index contributed by atoms with van der Waals surface area (Å²) in [6.45, 7) is 7.49. The molecule has 0 aliphatic heterocycles. The van der Waals surface area contributed by atoms with Crippen LogP contribution in [0.25, 0.3) is 0 Å². The van der Waals surface area contributed by atoms with Crippen LogP contribution in [0.4, 0.5) is 0 Å². The molecule has 0 bridgehead atoms. The fourth-order valence-electron chi connectivity index (χ4n) is 0.994. The molecule has 3 heteroatoms. The minimum absolute atomic E-state index is 0.101. The molecule has 0 aromatic heterocycles. The predicted molar refractivity (Wildman–Crippen MR) is 56.8 cm³/mol. The number of carbonyl (C=O) groups excluding carboxylic acids is 2. The van der Waals surface area contributed by atoms with Gasteiger partial charge in [0.25, 0.3) is 0 Å². The molecular formula is C10H18O2S. The smallest absolute Gasteiger partial charge is 0.189 e. The molecule has 0 amide bonds. The molecule has 0 fully saturated rings. The van der Waals surface area contributed by atoms with Crippen molar-refractivity contribution in [2.45, 2.75) is 45.8 Å². The summed E-state index contributed by atoms with van der Waals surface area (Å²) in [5.41, 5.74) is 0. The van der Waals surface area contributed by atoms with Gasteiger partial charge in [-0.05, 0) is 19.3 Å². The van der Waals surface area contributed by atoms with Crippen molar-refractivity contribution in [3.05, 3.63) is 0 Å². The lowest BCUT2D eigenvalue weighted by atomic mass is 10.2. The van der Waals surface area contributed by atoms with Crippen LogP contribution in [0.2, 0.25) is 0 Å². The van der Waals surface area contributed by atoms with E-state index in [0.717, 1.165) is 6.42 Å². The lowest BCUT2D eigenvalue weighted by Crippen LogP contribution is -2.15. The molecule has 0 aromatic rings. The average Bonchev–Trinajstić information content (AvgIpc) is 1.98. The zero-order valence-electron chi connectivity index (χ0n) is 8.79. The second-order valence-corrected chi connectivity index (χ2v) is 4.86. The Labute approximate surface area is 84.5 Å². The Bertz CT molecular complexity index is 187. The number of hydrogen-bond acceptors (Lipinski definition) is 3. The van der Waals surface area contributed by atoms with Gasteiger partial charge in [0.05, 0.1) is 5.25 Å². The summed E-state index contributed by atoms with van der Waals surface area (Å²) in [7, 11) is 0. The maximum Gasteiger partial charge on any atom is 0.189 e. The molecular weight excluding hydrogens is 184 g/mol. The Hall–Kier alpha value is -0.310. The number of carbonyl (C=O) groups is 2. The molecule has 2 nitrogen and oxygen atoms in total. The number of Topliss-reactive ketones (excluding diaryl/α,β-unsaturated/α-hetero) is 1. The molecule has 0 aliphatic rings. The van der Waals surface area contributed by atoms with E-state index in [1.807, 2.05) is 20.8 Å². The van der Waals surface area contributed by atoms with Gasteiger partial charge in [-0.2, -0.15) is 0 Å². The topological polar surface area (TPSA) is 34.1 Å². The number of ketones is 1. The van der Waals surface area contributed by atoms with E-state index >= 15 is 0 Å². The first-order valence-corrected chi connectivity index (χ1v) is 5.55. The SMILES string of the molecule is CCC(SC(=O)CC(C)C)C(C)=O. The molecule has 0 rings (SSSR count). The van der Waals surface area contributed by atoms with E-state index in [9.17, 15) is 9.59 Å². The fourth-order valence-corrected chi connectivity index (χ4v) is 2.07. The highest BCUT2D eigenvalue weighted by Crippen LogP contribution is 2.20. The van der Waals surface area contributed by atoms with E-state index in [1.54, 1.807) is 6.92 Å². The van der Waals surface area contributed by atoms with Gasteiger partial charge in [0.2, 0.25) is 0 Å². The van der Waals surface area contributed by atoms with Gasteiger partial charge in [-0.3, -0.25) is 9.59 Å². The van der Waals surface area contributed by atoms with Crippen molar-refractivity contribution >= 4 is 22.7 Å². The first kappa shape index (κ1) is 12.7. The Kier molecular flexibility index (Phi) is 6.04. The maximum absolute atomic E-state index is 11.3. The van der Waals surface area contributed by atoms with Gasteiger partial charge < -0.3 is 0 Å². The minimum Gasteiger partial charge on any atom is -0.299 e. The Morgan fingerprint density at radius 3 is 2.15 bits per heavy atom. The average molecular weight is 202 g/mol. The van der Waals surface area contributed by atoms with E-state index in [1.165, 1.54) is 11.8 Å². The van der Waals surface area contributed by atoms with Gasteiger partial charge in [0, 0.05) is 6.42 Å². The monoisotopic (exact) mass is 202 g/mol. The largest absolute Gasteiger partial charge is 0.299 e. The summed E-state index contributed by atoms with van der Waals surface area (Å²) < 4.78 is 0. The van der Waals surface area contributed by atoms with Crippen molar-refractivity contribution in [2.24, 2.45) is 5.92 Å². The summed E-state index contributed by atoms with van der Waals surface area (Å²) >= 11 is 1.19. The fraction of sp³-hybridized carbons (Fsp3) is 0.800. The van der Waals surface area contributed by atoms with Crippen molar-refractivity contribution in [3.63, 3.8) is 0 Å². The number of hydrogen-bond donors (Lipinski definition) is 0. The molecule has 13 heavy (non-hydrogen) atoms. The van der Waals surface area contributed by atoms with Crippen LogP contribution in [0.15, 0.2) is 0 Å². The zero-order chi connectivity index (χ0) is 10.4. The first-order valence-electron chi connectivity index (χ1n) is 4.67. The summed E-state index contributed by atoms with van der Waals surface area (Å²) in [5.74, 6) is 0.481. The molecule has 0 saturated carbocycles. The highest BCUT2D eigenvalue weighted by molar-refractivity contribution is 8.14. The molecule has 1 unspecified atom stereocenters. The highest BCUT2D eigenvalue weighted by Gasteiger charge is 2.17. The molecule has 0 saturated heterocycles. The Morgan fingerprint density at radius 1 is 1.31 bits per heavy atom. The lowest BCUT2D eigenvalue weighted by molar-refractivity contribution is -0.117. The summed E-state index contributed by atoms with van der Waals surface area (Å²) in [4.78, 5) is 22.4. The molecule has 0 radical (unpaired) electrons. The maximum atomic E-state index is 11.3. The lowest BCUT2D eigenvalue weighted by Gasteiger charge is -2.10. The minimum atomic E-state index is -0.133. The van der Waals surface area contributed by atoms with E-state index < -0.39 is 0 Å².